The molecule has 0 radical (unpaired) electrons. The van der Waals surface area contributed by atoms with Crippen molar-refractivity contribution >= 4 is 16.0 Å². The lowest BCUT2D eigenvalue weighted by atomic mass is 10.1. The van der Waals surface area contributed by atoms with Crippen molar-refractivity contribution in [2.24, 2.45) is 7.05 Å². The Hall–Kier alpha value is -1.34. The molecule has 6 nitrogen and oxygen atoms in total. The summed E-state index contributed by atoms with van der Waals surface area (Å²) in [6, 6.07) is 1.33. The highest BCUT2D eigenvalue weighted by Gasteiger charge is 2.28. The Labute approximate surface area is 113 Å². The van der Waals surface area contributed by atoms with Crippen molar-refractivity contribution in [3.63, 3.8) is 0 Å². The number of aromatic nitrogens is 1. The topological polar surface area (TPSA) is 77.4 Å². The fourth-order valence-corrected chi connectivity index (χ4v) is 3.41. The molecule has 0 saturated carbocycles. The van der Waals surface area contributed by atoms with Crippen LogP contribution < -0.4 is 4.72 Å². The molecule has 19 heavy (non-hydrogen) atoms. The van der Waals surface area contributed by atoms with Gasteiger partial charge in [0, 0.05) is 18.3 Å². The minimum atomic E-state index is -3.67. The second-order valence-corrected chi connectivity index (χ2v) is 7.04. The number of carbonyl (C=O) groups excluding carboxylic acids is 1. The molecule has 0 amide bonds. The van der Waals surface area contributed by atoms with Crippen molar-refractivity contribution in [2.45, 2.75) is 38.1 Å². The van der Waals surface area contributed by atoms with Gasteiger partial charge in [0.15, 0.2) is 0 Å². The minimum Gasteiger partial charge on any atom is -0.464 e. The van der Waals surface area contributed by atoms with E-state index < -0.39 is 21.5 Å². The second kappa shape index (κ2) is 4.97. The molecule has 0 spiro atoms. The van der Waals surface area contributed by atoms with E-state index in [1.54, 1.807) is 34.7 Å². The molecule has 0 aliphatic rings. The monoisotopic (exact) mass is 288 g/mol. The van der Waals surface area contributed by atoms with Gasteiger partial charge in [-0.2, -0.15) is 0 Å². The van der Waals surface area contributed by atoms with Gasteiger partial charge >= 0.3 is 5.97 Å². The van der Waals surface area contributed by atoms with E-state index in [2.05, 4.69) is 9.46 Å². The third-order valence-corrected chi connectivity index (χ3v) is 4.49. The molecule has 0 fully saturated rings. The number of ether oxygens (including phenoxy) is 1. The van der Waals surface area contributed by atoms with Crippen molar-refractivity contribution in [2.75, 3.05) is 7.11 Å². The second-order valence-electron chi connectivity index (χ2n) is 5.39. The summed E-state index contributed by atoms with van der Waals surface area (Å²) < 4.78 is 33.2. The van der Waals surface area contributed by atoms with E-state index in [0.29, 0.717) is 5.69 Å². The number of nitrogens with zero attached hydrogens (tertiary/aromatic N) is 1. The van der Waals surface area contributed by atoms with Crippen LogP contribution in [0.2, 0.25) is 0 Å². The van der Waals surface area contributed by atoms with Crippen molar-refractivity contribution in [3.05, 3.63) is 17.5 Å². The fourth-order valence-electron chi connectivity index (χ4n) is 1.70. The van der Waals surface area contributed by atoms with Gasteiger partial charge in [-0.25, -0.2) is 17.9 Å². The first-order chi connectivity index (χ1) is 8.49. The Bertz CT molecular complexity index is 594. The molecule has 0 atom stereocenters. The van der Waals surface area contributed by atoms with Gasteiger partial charge in [-0.3, -0.25) is 0 Å². The van der Waals surface area contributed by atoms with Gasteiger partial charge in [0.1, 0.15) is 10.6 Å². The van der Waals surface area contributed by atoms with Crippen LogP contribution in [0.1, 0.15) is 37.0 Å². The van der Waals surface area contributed by atoms with Crippen LogP contribution in [0, 0.1) is 6.92 Å². The lowest BCUT2D eigenvalue weighted by molar-refractivity contribution is 0.0589. The average molecular weight is 288 g/mol. The van der Waals surface area contributed by atoms with Gasteiger partial charge in [0.2, 0.25) is 10.0 Å². The van der Waals surface area contributed by atoms with Crippen molar-refractivity contribution in [1.29, 1.82) is 0 Å². The number of hydrogen-bond donors (Lipinski definition) is 1. The van der Waals surface area contributed by atoms with Crippen LogP contribution in [0.25, 0.3) is 0 Å². The molecular weight excluding hydrogens is 268 g/mol. The Balaban J connectivity index is 3.34. The summed E-state index contributed by atoms with van der Waals surface area (Å²) in [6.07, 6.45) is 0. The van der Waals surface area contributed by atoms with Gasteiger partial charge < -0.3 is 9.30 Å². The number of methoxy groups -OCH3 is 1. The van der Waals surface area contributed by atoms with Crippen LogP contribution in [0.15, 0.2) is 11.0 Å². The lowest BCUT2D eigenvalue weighted by Crippen LogP contribution is -2.40. The number of esters is 1. The van der Waals surface area contributed by atoms with Crippen LogP contribution in [0.3, 0.4) is 0 Å². The molecule has 1 N–H and O–H groups in total. The maximum absolute atomic E-state index is 12.3. The smallest absolute Gasteiger partial charge is 0.354 e. The summed E-state index contributed by atoms with van der Waals surface area (Å²) in [7, 11) is -0.792. The van der Waals surface area contributed by atoms with Crippen molar-refractivity contribution in [3.8, 4) is 0 Å². The average Bonchev–Trinajstić information content (AvgIpc) is 2.52. The normalized spacial score (nSPS) is 12.5. The third-order valence-electron chi connectivity index (χ3n) is 2.61. The molecule has 1 aromatic heterocycles. The molecule has 1 rings (SSSR count). The highest BCUT2D eigenvalue weighted by Crippen LogP contribution is 2.21. The molecule has 108 valence electrons. The van der Waals surface area contributed by atoms with Gasteiger partial charge in [-0.05, 0) is 33.8 Å². The minimum absolute atomic E-state index is 0.0883. The quantitative estimate of drug-likeness (QED) is 0.848. The summed E-state index contributed by atoms with van der Waals surface area (Å²) in [6.45, 7) is 6.90. The Morgan fingerprint density at radius 2 is 1.89 bits per heavy atom. The van der Waals surface area contributed by atoms with E-state index in [1.807, 2.05) is 0 Å². The largest absolute Gasteiger partial charge is 0.464 e. The Kier molecular flexibility index (Phi) is 4.11. The first-order valence-electron chi connectivity index (χ1n) is 5.78. The molecule has 7 heteroatoms. The van der Waals surface area contributed by atoms with E-state index in [-0.39, 0.29) is 10.6 Å². The third kappa shape index (κ3) is 3.36. The standard InChI is InChI=1S/C12H20N2O4S/c1-8-10(19(16,17)13-12(2,3)4)7-9(14(8)5)11(15)18-6/h7,13H,1-6H3. The van der Waals surface area contributed by atoms with Crippen LogP contribution in [0.5, 0.6) is 0 Å². The van der Waals surface area contributed by atoms with Crippen LogP contribution in [0.4, 0.5) is 0 Å². The first-order valence-corrected chi connectivity index (χ1v) is 7.26. The Morgan fingerprint density at radius 3 is 2.32 bits per heavy atom. The molecule has 1 aromatic rings. The van der Waals surface area contributed by atoms with E-state index >= 15 is 0 Å². The maximum atomic E-state index is 12.3. The van der Waals surface area contributed by atoms with Crippen LogP contribution >= 0.6 is 0 Å². The summed E-state index contributed by atoms with van der Waals surface area (Å²) >= 11 is 0. The summed E-state index contributed by atoms with van der Waals surface area (Å²) in [5.41, 5.74) is 0.0958. The van der Waals surface area contributed by atoms with Crippen LogP contribution in [-0.4, -0.2) is 31.6 Å². The van der Waals surface area contributed by atoms with Crippen molar-refractivity contribution < 1.29 is 17.9 Å². The molecular formula is C12H20N2O4S. The predicted octanol–water partition coefficient (Wildman–Crippen LogP) is 1.20. The number of rotatable bonds is 3. The maximum Gasteiger partial charge on any atom is 0.354 e. The summed E-state index contributed by atoms with van der Waals surface area (Å²) in [4.78, 5) is 11.6. The van der Waals surface area contributed by atoms with E-state index in [4.69, 9.17) is 0 Å². The lowest BCUT2D eigenvalue weighted by Gasteiger charge is -2.20. The molecule has 0 bridgehead atoms. The van der Waals surface area contributed by atoms with Crippen LogP contribution in [-0.2, 0) is 21.8 Å². The highest BCUT2D eigenvalue weighted by molar-refractivity contribution is 7.89. The molecule has 0 saturated heterocycles. The number of carbonyl (C=O) groups is 1. The van der Waals surface area contributed by atoms with Gasteiger partial charge in [0.25, 0.3) is 0 Å². The van der Waals surface area contributed by atoms with Gasteiger partial charge in [-0.15, -0.1) is 0 Å². The first kappa shape index (κ1) is 15.7. The summed E-state index contributed by atoms with van der Waals surface area (Å²) in [5, 5.41) is 0. The zero-order chi connectivity index (χ0) is 15.0. The predicted molar refractivity (Wildman–Crippen MR) is 71.6 cm³/mol. The van der Waals surface area contributed by atoms with E-state index in [1.165, 1.54) is 17.7 Å². The number of sulfonamides is 1. The number of hydrogen-bond acceptors (Lipinski definition) is 4. The molecule has 0 aliphatic carbocycles. The Morgan fingerprint density at radius 1 is 1.37 bits per heavy atom. The fraction of sp³-hybridized carbons (Fsp3) is 0.583. The molecule has 1 heterocycles. The summed E-state index contributed by atoms with van der Waals surface area (Å²) in [5.74, 6) is -0.567. The SMILES string of the molecule is COC(=O)c1cc(S(=O)(=O)NC(C)(C)C)c(C)n1C. The molecule has 0 aliphatic heterocycles. The van der Waals surface area contributed by atoms with Gasteiger partial charge in [-0.1, -0.05) is 0 Å². The van der Waals surface area contributed by atoms with E-state index in [0.717, 1.165) is 0 Å². The number of nitrogens with one attached hydrogen (secondary N) is 1. The zero-order valence-electron chi connectivity index (χ0n) is 12.1. The van der Waals surface area contributed by atoms with Crippen molar-refractivity contribution in [1.82, 2.24) is 9.29 Å². The van der Waals surface area contributed by atoms with E-state index in [9.17, 15) is 13.2 Å². The molecule has 0 unspecified atom stereocenters. The zero-order valence-corrected chi connectivity index (χ0v) is 12.9. The van der Waals surface area contributed by atoms with Gasteiger partial charge in [0.05, 0.1) is 7.11 Å². The molecule has 0 aromatic carbocycles. The highest BCUT2D eigenvalue weighted by atomic mass is 32.2.